The van der Waals surface area contributed by atoms with Crippen LogP contribution < -0.4 is 21.7 Å². The molecular weight excluding hydrogens is 1090 g/mol. The molecule has 10 rings (SSSR count). The first kappa shape index (κ1) is 57.6. The number of nitrogens with one attached hydrogen (secondary N) is 3. The summed E-state index contributed by atoms with van der Waals surface area (Å²) in [7, 11) is -4.07. The van der Waals surface area contributed by atoms with Crippen LogP contribution in [0.15, 0.2) is 42.5 Å². The molecule has 21 nitrogen and oxygen atoms in total. The molecule has 81 heavy (non-hydrogen) atoms. The van der Waals surface area contributed by atoms with Gasteiger partial charge in [-0.15, -0.1) is 11.3 Å². The zero-order valence-electron chi connectivity index (χ0n) is 44.8. The second-order valence-corrected chi connectivity index (χ2v) is 25.4. The van der Waals surface area contributed by atoms with Crippen molar-refractivity contribution in [2.45, 2.75) is 138 Å². The Morgan fingerprint density at radius 1 is 0.951 bits per heavy atom. The van der Waals surface area contributed by atoms with E-state index >= 15 is 0 Å². The number of nitrogens with two attached hydrogens (primary N) is 1. The van der Waals surface area contributed by atoms with Gasteiger partial charge in [-0.25, -0.2) is 0 Å². The molecule has 5 saturated heterocycles. The number of amides is 9. The smallest absolute Gasteiger partial charge is 0.370 e. The largest absolute Gasteiger partial charge is 0.399 e. The van der Waals surface area contributed by atoms with Crippen molar-refractivity contribution in [2.75, 3.05) is 39.8 Å². The normalized spacial score (nSPS) is 25.8. The molecule has 6 fully saturated rings. The number of nitrogens with zero attached hydrogens (tertiary/aromatic N) is 5. The van der Waals surface area contributed by atoms with Gasteiger partial charge < -0.3 is 50.7 Å². The van der Waals surface area contributed by atoms with E-state index in [1.54, 1.807) is 24.1 Å². The third-order valence-corrected chi connectivity index (χ3v) is 19.7. The van der Waals surface area contributed by atoms with Crippen LogP contribution in [0.25, 0.3) is 10.1 Å². The van der Waals surface area contributed by atoms with E-state index in [0.29, 0.717) is 61.3 Å². The molecule has 7 N–H and O–H groups in total. The lowest BCUT2D eigenvalue weighted by Gasteiger charge is -2.38. The van der Waals surface area contributed by atoms with E-state index in [2.05, 4.69) is 27.8 Å². The third kappa shape index (κ3) is 11.7. The maximum absolute atomic E-state index is 14.9. The van der Waals surface area contributed by atoms with Crippen molar-refractivity contribution in [3.05, 3.63) is 69.6 Å². The van der Waals surface area contributed by atoms with E-state index in [-0.39, 0.29) is 90.9 Å². The highest BCUT2D eigenvalue weighted by molar-refractivity contribution is 7.52. The number of likely N-dealkylation sites (N-methyl/N-ethyl adjacent to an activating group) is 1. The fourth-order valence-electron chi connectivity index (χ4n) is 13.3. The monoisotopic (exact) mass is 1160 g/mol. The Morgan fingerprint density at radius 2 is 1.73 bits per heavy atom. The molecule has 7 aliphatic rings. The van der Waals surface area contributed by atoms with Crippen LogP contribution in [0.2, 0.25) is 0 Å². The number of piperidine rings is 2. The Balaban J connectivity index is 0.776. The van der Waals surface area contributed by atoms with Gasteiger partial charge in [-0.1, -0.05) is 30.4 Å². The summed E-state index contributed by atoms with van der Waals surface area (Å²) in [4.78, 5) is 149. The number of likely N-dealkylation sites (tertiary alicyclic amines) is 2. The molecule has 0 spiro atoms. The zero-order valence-corrected chi connectivity index (χ0v) is 46.5. The van der Waals surface area contributed by atoms with Gasteiger partial charge in [0.05, 0.1) is 4.88 Å². The van der Waals surface area contributed by atoms with Crippen LogP contribution in [0.1, 0.15) is 127 Å². The molecule has 3 aromatic rings. The number of benzene rings is 2. The Labute approximate surface area is 470 Å². The molecular formula is C56H66F2N9O12PS. The Morgan fingerprint density at radius 3 is 2.47 bits per heavy atom. The van der Waals surface area contributed by atoms with Crippen LogP contribution in [0.4, 0.5) is 8.78 Å². The topological polar surface area (TPSA) is 289 Å². The maximum atomic E-state index is 14.9. The van der Waals surface area contributed by atoms with Crippen LogP contribution in [-0.4, -0.2) is 163 Å². The summed E-state index contributed by atoms with van der Waals surface area (Å²) in [6, 6.07) is 4.28. The molecule has 1 unspecified atom stereocenters. The first-order valence-electron chi connectivity index (χ1n) is 27.8. The van der Waals surface area contributed by atoms with Gasteiger partial charge in [0.25, 0.3) is 11.8 Å². The standard InChI is InChI=1S/C56H66F2N9O12PS/c1-63-23-22-36-13-15-43(67(36)54(75)41(30-63)61-51(72)45-27-34-26-35(12-17-44(34)81-45)56(57,58)80(77,78)79)50(71)60-40(14-18-46(59)68)53(74)66-28-33-9-5-10-37(33)48(66)55(76)64-24-20-31(21-25-64)6-2-3-7-32-8-4-11-38-39(32)29-65(52(38)73)42-16-19-47(69)62-49(42)70/h4,8,11-12,17,26-27,31,33,36-37,40-43,48H,2,5-6,9-10,13-16,18-25,28-30H2,1H3,(H2,59,68)(H,60,71)(H,61,72)(H,62,69,70)(H2,77,78,79)/t33-,36+,37-,40-,41-,42?,43-,48-/m0/s1. The minimum Gasteiger partial charge on any atom is -0.370 e. The van der Waals surface area contributed by atoms with Gasteiger partial charge in [0.2, 0.25) is 41.4 Å². The van der Waals surface area contributed by atoms with E-state index in [9.17, 15) is 66.3 Å². The van der Waals surface area contributed by atoms with Crippen LogP contribution in [0.5, 0.6) is 0 Å². The molecule has 7 heterocycles. The number of imide groups is 1. The van der Waals surface area contributed by atoms with Crippen LogP contribution in [0.3, 0.4) is 0 Å². The predicted octanol–water partition coefficient (Wildman–Crippen LogP) is 3.13. The number of thiophene rings is 1. The molecule has 1 saturated carbocycles. The number of carbonyl (C=O) groups is 9. The van der Waals surface area contributed by atoms with Crippen molar-refractivity contribution in [1.82, 2.24) is 40.4 Å². The summed E-state index contributed by atoms with van der Waals surface area (Å²) in [5, 5.41) is 8.11. The second-order valence-electron chi connectivity index (χ2n) is 22.7. The maximum Gasteiger partial charge on any atom is 0.399 e. The molecule has 8 atom stereocenters. The average Bonchev–Trinajstić information content (AvgIpc) is 4.29. The molecule has 432 valence electrons. The lowest BCUT2D eigenvalue weighted by atomic mass is 9.89. The van der Waals surface area contributed by atoms with Crippen LogP contribution >= 0.6 is 18.9 Å². The first-order valence-corrected chi connectivity index (χ1v) is 30.2. The van der Waals surface area contributed by atoms with Crippen molar-refractivity contribution >= 4 is 82.2 Å². The van der Waals surface area contributed by atoms with E-state index in [1.165, 1.54) is 21.9 Å². The molecule has 0 bridgehead atoms. The fraction of sp³-hybridized carbons (Fsp3) is 0.554. The summed E-state index contributed by atoms with van der Waals surface area (Å²) in [5.74, 6) is 2.46. The fourth-order valence-corrected chi connectivity index (χ4v) is 14.7. The minimum atomic E-state index is -5.86. The SMILES string of the molecule is CN1CC[C@H]2CC[C@@H](C(=O)N[C@@H](CCC(N)=O)C(=O)N3C[C@@H]4CCC[C@@H]4[C@H]3C(=O)N3CCC(CCC#Cc4cccc5c4CN(C4CCC(=O)NC4=O)C5=O)CC3)N2C(=O)[C@@H](NC(=O)c2cc3cc(C(F)(F)P(=O)(O)O)ccc3s2)C1. The quantitative estimate of drug-likeness (QED) is 0.0770. The van der Waals surface area contributed by atoms with Crippen molar-refractivity contribution in [3.63, 3.8) is 0 Å². The molecule has 25 heteroatoms. The molecule has 9 amide bonds. The van der Waals surface area contributed by atoms with Gasteiger partial charge in [0, 0.05) is 79.4 Å². The molecule has 0 radical (unpaired) electrons. The number of halogens is 2. The summed E-state index contributed by atoms with van der Waals surface area (Å²) >= 11 is 0.936. The average molecular weight is 1160 g/mol. The zero-order chi connectivity index (χ0) is 57.7. The molecule has 1 aromatic heterocycles. The number of rotatable bonds is 14. The second kappa shape index (κ2) is 23.3. The van der Waals surface area contributed by atoms with E-state index in [4.69, 9.17) is 5.73 Å². The van der Waals surface area contributed by atoms with E-state index in [0.717, 1.165) is 67.6 Å². The number of carbonyl (C=O) groups excluding carboxylic acids is 9. The number of fused-ring (bicyclic) bond motifs is 4. The highest BCUT2D eigenvalue weighted by Crippen LogP contribution is 2.59. The van der Waals surface area contributed by atoms with Gasteiger partial charge in [-0.05, 0) is 137 Å². The molecule has 2 aromatic carbocycles. The van der Waals surface area contributed by atoms with Crippen molar-refractivity contribution in [2.24, 2.45) is 23.5 Å². The highest BCUT2D eigenvalue weighted by Gasteiger charge is 2.53. The van der Waals surface area contributed by atoms with E-state index < -0.39 is 90.5 Å². The van der Waals surface area contributed by atoms with Crippen LogP contribution in [-0.2, 0) is 50.3 Å². The number of hydrogen-bond acceptors (Lipinski definition) is 12. The van der Waals surface area contributed by atoms with E-state index in [1.807, 2.05) is 15.9 Å². The lowest BCUT2D eigenvalue weighted by molar-refractivity contribution is -0.149. The summed E-state index contributed by atoms with van der Waals surface area (Å²) in [6.45, 7) is 2.06. The Hall–Kier alpha value is -6.64. The summed E-state index contributed by atoms with van der Waals surface area (Å²) < 4.78 is 41.1. The van der Waals surface area contributed by atoms with Gasteiger partial charge in [0.15, 0.2) is 0 Å². The number of primary amides is 1. The minimum absolute atomic E-state index is 0.0464. The summed E-state index contributed by atoms with van der Waals surface area (Å²) in [6.07, 6.45) is 6.55. The Bertz CT molecular complexity index is 3190. The van der Waals surface area contributed by atoms with Crippen molar-refractivity contribution in [3.8, 4) is 11.8 Å². The molecule has 6 aliphatic heterocycles. The third-order valence-electron chi connectivity index (χ3n) is 17.6. The van der Waals surface area contributed by atoms with Gasteiger partial charge >= 0.3 is 13.3 Å². The van der Waals surface area contributed by atoms with Gasteiger partial charge in [-0.2, -0.15) is 8.78 Å². The first-order chi connectivity index (χ1) is 38.6. The predicted molar refractivity (Wildman–Crippen MR) is 289 cm³/mol. The number of alkyl halides is 2. The lowest BCUT2D eigenvalue weighted by Crippen LogP contribution is -2.61. The Kier molecular flexibility index (Phi) is 16.6. The highest BCUT2D eigenvalue weighted by atomic mass is 32.1. The van der Waals surface area contributed by atoms with Gasteiger partial charge in [0.1, 0.15) is 30.2 Å². The van der Waals surface area contributed by atoms with Crippen LogP contribution in [0, 0.1) is 29.6 Å². The number of hydrogen-bond donors (Lipinski definition) is 6. The van der Waals surface area contributed by atoms with Gasteiger partial charge in [-0.3, -0.25) is 53.0 Å². The van der Waals surface area contributed by atoms with Crippen molar-refractivity contribution < 1.29 is 66.3 Å². The molecule has 1 aliphatic carbocycles. The summed E-state index contributed by atoms with van der Waals surface area (Å²) in [5.41, 5.74) is 2.19. The van der Waals surface area contributed by atoms with Crippen molar-refractivity contribution in [1.29, 1.82) is 0 Å².